The van der Waals surface area contributed by atoms with Gasteiger partial charge in [0.05, 0.1) is 6.04 Å². The van der Waals surface area contributed by atoms with Crippen molar-refractivity contribution < 1.29 is 14.3 Å². The van der Waals surface area contributed by atoms with E-state index in [0.29, 0.717) is 45.0 Å². The normalized spacial score (nSPS) is 15.0. The second kappa shape index (κ2) is 18.3. The fourth-order valence-corrected chi connectivity index (χ4v) is 6.80. The average molecular weight is 703 g/mol. The zero-order chi connectivity index (χ0) is 37.1. The third kappa shape index (κ3) is 11.5. The highest BCUT2D eigenvalue weighted by Crippen LogP contribution is 2.24. The maximum atomic E-state index is 14.3. The molecule has 0 saturated carbocycles. The lowest BCUT2D eigenvalue weighted by Crippen LogP contribution is -2.57. The number of hydrogen-bond donors (Lipinski definition) is 1. The number of nitrogens with zero attached hydrogens (tertiary/aromatic N) is 3. The van der Waals surface area contributed by atoms with E-state index < -0.39 is 6.04 Å². The minimum atomic E-state index is -0.682. The van der Waals surface area contributed by atoms with Crippen molar-refractivity contribution in [2.75, 3.05) is 33.2 Å². The van der Waals surface area contributed by atoms with Crippen molar-refractivity contribution in [3.63, 3.8) is 0 Å². The quantitative estimate of drug-likeness (QED) is 0.139. The highest BCUT2D eigenvalue weighted by molar-refractivity contribution is 5.90. The summed E-state index contributed by atoms with van der Waals surface area (Å²) >= 11 is 0. The standard InChI is InChI=1S/C45H58N4O3/c1-34(2)29-42(47(6)31-37-17-21-39(22-18-37)45(3,4)5)43(50)46-41(30-35-19-23-40(24-20-35)52-33-38-15-11-8-12-16-38)44(51)49-27-25-48(26-28-49)32-36-13-9-7-10-14-36/h7-24,34,41-42H,25-33H2,1-6H3,(H,46,50)/t41-,42-/m0/s1. The fraction of sp³-hybridized carbons (Fsp3) is 0.422. The Labute approximate surface area is 312 Å². The van der Waals surface area contributed by atoms with Crippen molar-refractivity contribution in [1.29, 1.82) is 0 Å². The minimum absolute atomic E-state index is 0.0270. The molecular weight excluding hydrogens is 645 g/mol. The van der Waals surface area contributed by atoms with E-state index in [1.807, 2.05) is 72.6 Å². The van der Waals surface area contributed by atoms with Crippen molar-refractivity contribution >= 4 is 11.8 Å². The van der Waals surface area contributed by atoms with Crippen molar-refractivity contribution in [1.82, 2.24) is 20.0 Å². The molecule has 1 saturated heterocycles. The Bertz CT molecular complexity index is 1680. The molecule has 0 aliphatic carbocycles. The second-order valence-corrected chi connectivity index (χ2v) is 15.8. The first-order valence-electron chi connectivity index (χ1n) is 18.9. The van der Waals surface area contributed by atoms with Crippen LogP contribution in [0.5, 0.6) is 5.75 Å². The van der Waals surface area contributed by atoms with Gasteiger partial charge < -0.3 is 15.0 Å². The molecule has 0 unspecified atom stereocenters. The van der Waals surface area contributed by atoms with Crippen LogP contribution in [0.4, 0.5) is 0 Å². The van der Waals surface area contributed by atoms with Crippen LogP contribution in [0.3, 0.4) is 0 Å². The molecular formula is C45H58N4O3. The molecule has 2 amide bonds. The number of benzene rings is 4. The molecule has 2 atom stereocenters. The first kappa shape index (κ1) is 38.8. The molecule has 0 spiro atoms. The molecule has 1 aliphatic heterocycles. The Kier molecular flexibility index (Phi) is 13.7. The number of hydrogen-bond acceptors (Lipinski definition) is 5. The highest BCUT2D eigenvalue weighted by atomic mass is 16.5. The van der Waals surface area contributed by atoms with Crippen LogP contribution in [0.2, 0.25) is 0 Å². The van der Waals surface area contributed by atoms with Crippen LogP contribution in [0.15, 0.2) is 109 Å². The minimum Gasteiger partial charge on any atom is -0.489 e. The van der Waals surface area contributed by atoms with Gasteiger partial charge in [0.1, 0.15) is 18.4 Å². The third-order valence-electron chi connectivity index (χ3n) is 9.94. The Morgan fingerprint density at radius 1 is 0.750 bits per heavy atom. The molecule has 7 heteroatoms. The number of likely N-dealkylation sites (N-methyl/N-ethyl adjacent to an activating group) is 1. The van der Waals surface area contributed by atoms with E-state index in [1.165, 1.54) is 11.1 Å². The molecule has 4 aromatic carbocycles. The van der Waals surface area contributed by atoms with E-state index in [1.54, 1.807) is 0 Å². The Hall–Kier alpha value is -4.46. The molecule has 0 bridgehead atoms. The van der Waals surface area contributed by atoms with Gasteiger partial charge in [-0.15, -0.1) is 0 Å². The molecule has 1 aliphatic rings. The zero-order valence-electron chi connectivity index (χ0n) is 32.1. The Morgan fingerprint density at radius 3 is 1.90 bits per heavy atom. The van der Waals surface area contributed by atoms with Gasteiger partial charge in [-0.05, 0) is 64.8 Å². The van der Waals surface area contributed by atoms with Crippen molar-refractivity contribution in [2.24, 2.45) is 5.92 Å². The SMILES string of the molecule is CC(C)C[C@@H](C(=O)N[C@@H](Cc1ccc(OCc2ccccc2)cc1)C(=O)N1CCN(Cc2ccccc2)CC1)N(C)Cc1ccc(C(C)(C)C)cc1. The number of rotatable bonds is 15. The molecule has 1 heterocycles. The number of ether oxygens (including phenoxy) is 1. The Balaban J connectivity index is 1.29. The lowest BCUT2D eigenvalue weighted by molar-refractivity contribution is -0.139. The lowest BCUT2D eigenvalue weighted by Gasteiger charge is -2.37. The van der Waals surface area contributed by atoms with E-state index in [0.717, 1.165) is 42.1 Å². The summed E-state index contributed by atoms with van der Waals surface area (Å²) in [5.74, 6) is 0.937. The van der Waals surface area contributed by atoms with Crippen molar-refractivity contribution in [3.05, 3.63) is 137 Å². The third-order valence-corrected chi connectivity index (χ3v) is 9.94. The van der Waals surface area contributed by atoms with Crippen LogP contribution in [0.25, 0.3) is 0 Å². The van der Waals surface area contributed by atoms with Gasteiger partial charge in [-0.2, -0.15) is 0 Å². The molecule has 0 aromatic heterocycles. The average Bonchev–Trinajstić information content (AvgIpc) is 3.14. The summed E-state index contributed by atoms with van der Waals surface area (Å²) in [5.41, 5.74) is 5.87. The van der Waals surface area contributed by atoms with E-state index >= 15 is 0 Å². The number of piperazine rings is 1. The van der Waals surface area contributed by atoms with Crippen molar-refractivity contribution in [3.8, 4) is 5.75 Å². The maximum absolute atomic E-state index is 14.3. The van der Waals surface area contributed by atoms with Crippen LogP contribution in [-0.4, -0.2) is 71.8 Å². The summed E-state index contributed by atoms with van der Waals surface area (Å²) in [7, 11) is 2.02. The van der Waals surface area contributed by atoms with E-state index in [-0.39, 0.29) is 23.3 Å². The van der Waals surface area contributed by atoms with E-state index in [4.69, 9.17) is 4.74 Å². The van der Waals surface area contributed by atoms with Crippen LogP contribution < -0.4 is 10.1 Å². The molecule has 276 valence electrons. The largest absolute Gasteiger partial charge is 0.489 e. The monoisotopic (exact) mass is 702 g/mol. The maximum Gasteiger partial charge on any atom is 0.245 e. The van der Waals surface area contributed by atoms with Gasteiger partial charge in [-0.3, -0.25) is 19.4 Å². The smallest absolute Gasteiger partial charge is 0.245 e. The number of carbonyl (C=O) groups excluding carboxylic acids is 2. The van der Waals surface area contributed by atoms with Crippen LogP contribution in [0.1, 0.15) is 68.9 Å². The summed E-state index contributed by atoms with van der Waals surface area (Å²) < 4.78 is 6.02. The molecule has 7 nitrogen and oxygen atoms in total. The predicted molar refractivity (Wildman–Crippen MR) is 211 cm³/mol. The number of nitrogens with one attached hydrogen (secondary N) is 1. The number of carbonyl (C=O) groups is 2. The topological polar surface area (TPSA) is 65.1 Å². The molecule has 4 aromatic rings. The molecule has 5 rings (SSSR count). The van der Waals surface area contributed by atoms with Gasteiger partial charge in [0, 0.05) is 45.7 Å². The first-order valence-corrected chi connectivity index (χ1v) is 18.9. The molecule has 0 radical (unpaired) electrons. The molecule has 1 fully saturated rings. The lowest BCUT2D eigenvalue weighted by atomic mass is 9.86. The van der Waals surface area contributed by atoms with Crippen LogP contribution in [0, 0.1) is 5.92 Å². The van der Waals surface area contributed by atoms with E-state index in [9.17, 15) is 9.59 Å². The second-order valence-electron chi connectivity index (χ2n) is 15.8. The summed E-state index contributed by atoms with van der Waals surface area (Å²) in [6, 6.07) is 36.1. The highest BCUT2D eigenvalue weighted by Gasteiger charge is 2.32. The molecule has 52 heavy (non-hydrogen) atoms. The van der Waals surface area contributed by atoms with Gasteiger partial charge in [0.25, 0.3) is 0 Å². The first-order chi connectivity index (χ1) is 24.9. The van der Waals surface area contributed by atoms with E-state index in [2.05, 4.69) is 98.3 Å². The van der Waals surface area contributed by atoms with Gasteiger partial charge in [-0.25, -0.2) is 0 Å². The van der Waals surface area contributed by atoms with Crippen molar-refractivity contribution in [2.45, 2.75) is 84.7 Å². The summed E-state index contributed by atoms with van der Waals surface area (Å²) in [5, 5.41) is 3.26. The van der Waals surface area contributed by atoms with Gasteiger partial charge >= 0.3 is 0 Å². The summed E-state index contributed by atoms with van der Waals surface area (Å²) in [4.78, 5) is 35.0. The predicted octanol–water partition coefficient (Wildman–Crippen LogP) is 7.48. The Morgan fingerprint density at radius 2 is 1.33 bits per heavy atom. The van der Waals surface area contributed by atoms with Gasteiger partial charge in [0.2, 0.25) is 11.8 Å². The summed E-state index contributed by atoms with van der Waals surface area (Å²) in [6.07, 6.45) is 1.09. The number of amides is 2. The molecule has 1 N–H and O–H groups in total. The van der Waals surface area contributed by atoms with Crippen LogP contribution in [-0.2, 0) is 41.1 Å². The summed E-state index contributed by atoms with van der Waals surface area (Å²) in [6.45, 7) is 15.8. The van der Waals surface area contributed by atoms with Gasteiger partial charge in [-0.1, -0.05) is 132 Å². The van der Waals surface area contributed by atoms with Crippen LogP contribution >= 0.6 is 0 Å². The zero-order valence-corrected chi connectivity index (χ0v) is 32.1. The van der Waals surface area contributed by atoms with Gasteiger partial charge in [0.15, 0.2) is 0 Å². The fourth-order valence-electron chi connectivity index (χ4n) is 6.80.